The Morgan fingerprint density at radius 1 is 1.25 bits per heavy atom. The third kappa shape index (κ3) is 4.15. The number of carbonyl (C=O) groups excluding carboxylic acids is 2. The summed E-state index contributed by atoms with van der Waals surface area (Å²) in [4.78, 5) is 26.5. The molecule has 0 saturated carbocycles. The summed E-state index contributed by atoms with van der Waals surface area (Å²) in [6, 6.07) is 9.49. The molecule has 0 bridgehead atoms. The monoisotopic (exact) mass is 328 g/mol. The molecule has 1 N–H and O–H groups in total. The minimum Gasteiger partial charge on any atom is -0.354 e. The van der Waals surface area contributed by atoms with Crippen molar-refractivity contribution in [3.8, 4) is 11.4 Å². The second-order valence-electron chi connectivity index (χ2n) is 5.70. The summed E-state index contributed by atoms with van der Waals surface area (Å²) < 4.78 is 0. The van der Waals surface area contributed by atoms with Crippen molar-refractivity contribution >= 4 is 11.8 Å². The summed E-state index contributed by atoms with van der Waals surface area (Å²) in [5.41, 5.74) is 0.861. The van der Waals surface area contributed by atoms with Crippen LogP contribution < -0.4 is 5.32 Å². The van der Waals surface area contributed by atoms with Crippen molar-refractivity contribution in [2.45, 2.75) is 25.8 Å². The number of amides is 2. The number of benzene rings is 1. The molecule has 126 valence electrons. The first-order valence-electron chi connectivity index (χ1n) is 8.10. The number of hydrogen-bond donors (Lipinski definition) is 1. The predicted molar refractivity (Wildman–Crippen MR) is 86.7 cm³/mol. The van der Waals surface area contributed by atoms with Gasteiger partial charge in [-0.3, -0.25) is 9.59 Å². The molecule has 0 atom stereocenters. The third-order valence-corrected chi connectivity index (χ3v) is 3.87. The quantitative estimate of drug-likeness (QED) is 0.746. The van der Waals surface area contributed by atoms with Gasteiger partial charge < -0.3 is 10.2 Å². The van der Waals surface area contributed by atoms with Crippen LogP contribution in [-0.4, -0.2) is 56.6 Å². The Labute approximate surface area is 139 Å². The van der Waals surface area contributed by atoms with E-state index in [1.165, 1.54) is 4.80 Å². The van der Waals surface area contributed by atoms with Crippen LogP contribution in [-0.2, 0) is 16.1 Å². The molecule has 0 radical (unpaired) electrons. The zero-order valence-electron chi connectivity index (χ0n) is 13.4. The fourth-order valence-electron chi connectivity index (χ4n) is 2.64. The average molecular weight is 328 g/mol. The number of hydrogen-bond acceptors (Lipinski definition) is 5. The van der Waals surface area contributed by atoms with E-state index in [0.717, 1.165) is 24.9 Å². The SMILES string of the molecule is O=C(Cn1nnc(-c2ccccc2)n1)NCCCN1CCCC1=O. The highest BCUT2D eigenvalue weighted by Gasteiger charge is 2.19. The Morgan fingerprint density at radius 3 is 2.83 bits per heavy atom. The number of aromatic nitrogens is 4. The summed E-state index contributed by atoms with van der Waals surface area (Å²) in [6.45, 7) is 2.09. The van der Waals surface area contributed by atoms with Crippen LogP contribution in [0.4, 0.5) is 0 Å². The van der Waals surface area contributed by atoms with Crippen molar-refractivity contribution in [1.29, 1.82) is 0 Å². The van der Waals surface area contributed by atoms with Crippen LogP contribution in [0.25, 0.3) is 11.4 Å². The van der Waals surface area contributed by atoms with Gasteiger partial charge in [-0.2, -0.15) is 4.80 Å². The Balaban J connectivity index is 1.41. The number of carbonyl (C=O) groups is 2. The number of nitrogens with zero attached hydrogens (tertiary/aromatic N) is 5. The molecule has 1 fully saturated rings. The molecule has 2 amide bonds. The Bertz CT molecular complexity index is 700. The molecular formula is C16H20N6O2. The van der Waals surface area contributed by atoms with Crippen LogP contribution in [0.1, 0.15) is 19.3 Å². The zero-order valence-corrected chi connectivity index (χ0v) is 13.4. The Kier molecular flexibility index (Phi) is 5.15. The first kappa shape index (κ1) is 16.1. The third-order valence-electron chi connectivity index (χ3n) is 3.87. The predicted octanol–water partition coefficient (Wildman–Crippen LogP) is 0.469. The summed E-state index contributed by atoms with van der Waals surface area (Å²) >= 11 is 0. The Hall–Kier alpha value is -2.77. The maximum Gasteiger partial charge on any atom is 0.243 e. The van der Waals surface area contributed by atoms with Gasteiger partial charge in [0.2, 0.25) is 17.6 Å². The van der Waals surface area contributed by atoms with E-state index in [1.807, 2.05) is 35.2 Å². The molecule has 3 rings (SSSR count). The van der Waals surface area contributed by atoms with Gasteiger partial charge in [0.1, 0.15) is 6.54 Å². The zero-order chi connectivity index (χ0) is 16.8. The van der Waals surface area contributed by atoms with E-state index in [-0.39, 0.29) is 18.4 Å². The minimum atomic E-state index is -0.167. The molecule has 0 unspecified atom stereocenters. The molecule has 0 aliphatic carbocycles. The van der Waals surface area contributed by atoms with E-state index >= 15 is 0 Å². The van der Waals surface area contributed by atoms with Crippen LogP contribution in [0.15, 0.2) is 30.3 Å². The molecule has 24 heavy (non-hydrogen) atoms. The molecule has 0 spiro atoms. The van der Waals surface area contributed by atoms with Gasteiger partial charge in [0, 0.05) is 31.6 Å². The van der Waals surface area contributed by atoms with Crippen LogP contribution in [0, 0.1) is 0 Å². The number of likely N-dealkylation sites (tertiary alicyclic amines) is 1. The normalized spacial score (nSPS) is 14.2. The van der Waals surface area contributed by atoms with Gasteiger partial charge in [-0.05, 0) is 18.1 Å². The highest BCUT2D eigenvalue weighted by molar-refractivity contribution is 5.78. The van der Waals surface area contributed by atoms with Crippen molar-refractivity contribution in [1.82, 2.24) is 30.4 Å². The van der Waals surface area contributed by atoms with Gasteiger partial charge in [0.05, 0.1) is 0 Å². The van der Waals surface area contributed by atoms with E-state index < -0.39 is 0 Å². The fourth-order valence-corrected chi connectivity index (χ4v) is 2.64. The van der Waals surface area contributed by atoms with Gasteiger partial charge in [0.15, 0.2) is 0 Å². The molecule has 1 aliphatic heterocycles. The lowest BCUT2D eigenvalue weighted by molar-refractivity contribution is -0.127. The van der Waals surface area contributed by atoms with Crippen molar-refractivity contribution < 1.29 is 9.59 Å². The molecule has 2 heterocycles. The van der Waals surface area contributed by atoms with E-state index in [0.29, 0.717) is 25.3 Å². The summed E-state index contributed by atoms with van der Waals surface area (Å²) in [7, 11) is 0. The first-order chi connectivity index (χ1) is 11.7. The highest BCUT2D eigenvalue weighted by Crippen LogP contribution is 2.11. The Morgan fingerprint density at radius 2 is 2.08 bits per heavy atom. The van der Waals surface area contributed by atoms with Gasteiger partial charge in [-0.1, -0.05) is 30.3 Å². The fraction of sp³-hybridized carbons (Fsp3) is 0.438. The van der Waals surface area contributed by atoms with Crippen molar-refractivity contribution in [2.24, 2.45) is 0 Å². The highest BCUT2D eigenvalue weighted by atomic mass is 16.2. The van der Waals surface area contributed by atoms with Gasteiger partial charge in [-0.25, -0.2) is 0 Å². The largest absolute Gasteiger partial charge is 0.354 e. The van der Waals surface area contributed by atoms with E-state index in [1.54, 1.807) is 0 Å². The lowest BCUT2D eigenvalue weighted by atomic mass is 10.2. The van der Waals surface area contributed by atoms with Crippen LogP contribution in [0.3, 0.4) is 0 Å². The maximum atomic E-state index is 11.9. The van der Waals surface area contributed by atoms with E-state index in [2.05, 4.69) is 20.7 Å². The second kappa shape index (κ2) is 7.67. The van der Waals surface area contributed by atoms with Crippen LogP contribution >= 0.6 is 0 Å². The van der Waals surface area contributed by atoms with Crippen molar-refractivity contribution in [2.75, 3.05) is 19.6 Å². The lowest BCUT2D eigenvalue weighted by Crippen LogP contribution is -2.32. The molecular weight excluding hydrogens is 308 g/mol. The standard InChI is InChI=1S/C16H20N6O2/c23-14(17-9-5-11-21-10-4-8-15(21)24)12-22-19-16(18-20-22)13-6-2-1-3-7-13/h1-3,6-7H,4-5,8-12H2,(H,17,23). The van der Waals surface area contributed by atoms with E-state index in [9.17, 15) is 9.59 Å². The molecule has 1 saturated heterocycles. The van der Waals surface area contributed by atoms with E-state index in [4.69, 9.17) is 0 Å². The molecule has 8 nitrogen and oxygen atoms in total. The van der Waals surface area contributed by atoms with Gasteiger partial charge in [-0.15, -0.1) is 10.2 Å². The van der Waals surface area contributed by atoms with Crippen LogP contribution in [0.5, 0.6) is 0 Å². The molecule has 1 aliphatic rings. The topological polar surface area (TPSA) is 93.0 Å². The smallest absolute Gasteiger partial charge is 0.243 e. The number of rotatable bonds is 7. The van der Waals surface area contributed by atoms with Crippen LogP contribution in [0.2, 0.25) is 0 Å². The van der Waals surface area contributed by atoms with Gasteiger partial charge in [0.25, 0.3) is 0 Å². The second-order valence-corrected chi connectivity index (χ2v) is 5.70. The molecule has 2 aromatic rings. The van der Waals surface area contributed by atoms with Gasteiger partial charge >= 0.3 is 0 Å². The molecule has 8 heteroatoms. The van der Waals surface area contributed by atoms with Crippen molar-refractivity contribution in [3.05, 3.63) is 30.3 Å². The summed E-state index contributed by atoms with van der Waals surface area (Å²) in [5.74, 6) is 0.539. The maximum absolute atomic E-state index is 11.9. The summed E-state index contributed by atoms with van der Waals surface area (Å²) in [6.07, 6.45) is 2.33. The minimum absolute atomic E-state index is 0.0302. The number of tetrazole rings is 1. The number of nitrogens with one attached hydrogen (secondary N) is 1. The van der Waals surface area contributed by atoms with Crippen molar-refractivity contribution in [3.63, 3.8) is 0 Å². The first-order valence-corrected chi connectivity index (χ1v) is 8.10. The average Bonchev–Trinajstić information content (AvgIpc) is 3.22. The molecule has 1 aromatic carbocycles. The molecule has 1 aromatic heterocycles. The lowest BCUT2D eigenvalue weighted by Gasteiger charge is -2.15. The summed E-state index contributed by atoms with van der Waals surface area (Å²) in [5, 5.41) is 14.9.